The van der Waals surface area contributed by atoms with Gasteiger partial charge in [0.25, 0.3) is 0 Å². The highest BCUT2D eigenvalue weighted by Crippen LogP contribution is 2.43. The SMILES string of the molecule is O=CC1Cc2ccc3cccc4c3c2C(C=C4)C1. The summed E-state index contributed by atoms with van der Waals surface area (Å²) in [6, 6.07) is 10.9. The molecule has 1 heteroatoms. The molecule has 2 atom stereocenters. The number of carbonyl (C=O) groups excluding carboxylic acids is 1. The summed E-state index contributed by atoms with van der Waals surface area (Å²) in [5, 5.41) is 2.73. The molecule has 2 aliphatic carbocycles. The molecule has 0 N–H and O–H groups in total. The Labute approximate surface area is 106 Å². The monoisotopic (exact) mass is 234 g/mol. The lowest BCUT2D eigenvalue weighted by Crippen LogP contribution is -2.20. The molecule has 0 fully saturated rings. The van der Waals surface area contributed by atoms with Crippen LogP contribution in [0.1, 0.15) is 29.0 Å². The van der Waals surface area contributed by atoms with Gasteiger partial charge in [-0.3, -0.25) is 0 Å². The molecule has 0 heterocycles. The summed E-state index contributed by atoms with van der Waals surface area (Å²) in [4.78, 5) is 11.1. The summed E-state index contributed by atoms with van der Waals surface area (Å²) in [6.45, 7) is 0. The second-order valence-electron chi connectivity index (χ2n) is 5.39. The van der Waals surface area contributed by atoms with E-state index in [1.165, 1.54) is 27.5 Å². The zero-order chi connectivity index (χ0) is 12.1. The van der Waals surface area contributed by atoms with E-state index in [1.807, 2.05) is 0 Å². The second-order valence-corrected chi connectivity index (χ2v) is 5.39. The Morgan fingerprint density at radius 3 is 3.00 bits per heavy atom. The number of hydrogen-bond acceptors (Lipinski definition) is 1. The van der Waals surface area contributed by atoms with Crippen LogP contribution in [0.15, 0.2) is 36.4 Å². The molecule has 4 rings (SSSR count). The number of allylic oxidation sites excluding steroid dienone is 1. The molecule has 0 aliphatic heterocycles. The van der Waals surface area contributed by atoms with Gasteiger partial charge >= 0.3 is 0 Å². The first-order valence-electron chi connectivity index (χ1n) is 6.55. The van der Waals surface area contributed by atoms with Gasteiger partial charge in [0.15, 0.2) is 0 Å². The van der Waals surface area contributed by atoms with Gasteiger partial charge in [0.1, 0.15) is 6.29 Å². The van der Waals surface area contributed by atoms with Gasteiger partial charge in [0.05, 0.1) is 0 Å². The van der Waals surface area contributed by atoms with Crippen molar-refractivity contribution in [1.82, 2.24) is 0 Å². The highest BCUT2D eigenvalue weighted by Gasteiger charge is 2.29. The largest absolute Gasteiger partial charge is 0.303 e. The minimum atomic E-state index is 0.190. The average Bonchev–Trinajstić information content (AvgIpc) is 2.44. The van der Waals surface area contributed by atoms with Gasteiger partial charge in [-0.1, -0.05) is 42.5 Å². The molecule has 0 saturated carbocycles. The number of benzene rings is 2. The van der Waals surface area contributed by atoms with Crippen molar-refractivity contribution in [2.75, 3.05) is 0 Å². The Hall–Kier alpha value is -1.89. The zero-order valence-corrected chi connectivity index (χ0v) is 10.1. The van der Waals surface area contributed by atoms with E-state index >= 15 is 0 Å². The van der Waals surface area contributed by atoms with E-state index in [9.17, 15) is 4.79 Å². The smallest absolute Gasteiger partial charge is 0.123 e. The molecule has 2 aromatic rings. The highest BCUT2D eigenvalue weighted by molar-refractivity contribution is 5.96. The number of hydrogen-bond donors (Lipinski definition) is 0. The van der Waals surface area contributed by atoms with Crippen molar-refractivity contribution < 1.29 is 4.79 Å². The maximum Gasteiger partial charge on any atom is 0.123 e. The fourth-order valence-electron chi connectivity index (χ4n) is 3.53. The molecule has 18 heavy (non-hydrogen) atoms. The van der Waals surface area contributed by atoms with Crippen LogP contribution in [0.25, 0.3) is 16.8 Å². The van der Waals surface area contributed by atoms with E-state index in [-0.39, 0.29) is 5.92 Å². The standard InChI is InChI=1S/C17H14O/c18-10-11-8-14-6-4-12-2-1-3-13-5-7-15(9-11)17(14)16(12)13/h1-7,10-11,14H,8-9H2. The van der Waals surface area contributed by atoms with Crippen molar-refractivity contribution >= 4 is 23.1 Å². The first kappa shape index (κ1) is 10.1. The Bertz CT molecular complexity index is 681. The third kappa shape index (κ3) is 1.25. The van der Waals surface area contributed by atoms with E-state index in [2.05, 4.69) is 42.5 Å². The van der Waals surface area contributed by atoms with E-state index < -0.39 is 0 Å². The molecule has 1 nitrogen and oxygen atoms in total. The summed E-state index contributed by atoms with van der Waals surface area (Å²) in [5.74, 6) is 0.623. The van der Waals surface area contributed by atoms with Crippen molar-refractivity contribution in [3.63, 3.8) is 0 Å². The minimum absolute atomic E-state index is 0.190. The Balaban J connectivity index is 2.07. The van der Waals surface area contributed by atoms with Crippen LogP contribution in [0, 0.1) is 5.92 Å². The van der Waals surface area contributed by atoms with Crippen LogP contribution in [0.2, 0.25) is 0 Å². The molecule has 88 valence electrons. The maximum absolute atomic E-state index is 11.1. The predicted molar refractivity (Wildman–Crippen MR) is 73.6 cm³/mol. The summed E-state index contributed by atoms with van der Waals surface area (Å²) in [6.07, 6.45) is 7.50. The summed E-state index contributed by atoms with van der Waals surface area (Å²) >= 11 is 0. The fourth-order valence-corrected chi connectivity index (χ4v) is 3.53. The minimum Gasteiger partial charge on any atom is -0.303 e. The zero-order valence-electron chi connectivity index (χ0n) is 10.1. The lowest BCUT2D eigenvalue weighted by atomic mass is 9.72. The second kappa shape index (κ2) is 3.55. The molecule has 0 saturated heterocycles. The number of carbonyl (C=O) groups is 1. The molecule has 0 radical (unpaired) electrons. The third-order valence-electron chi connectivity index (χ3n) is 4.32. The molecule has 0 spiro atoms. The van der Waals surface area contributed by atoms with Crippen LogP contribution in [0.4, 0.5) is 0 Å². The van der Waals surface area contributed by atoms with E-state index in [1.54, 1.807) is 0 Å². The van der Waals surface area contributed by atoms with Crippen molar-refractivity contribution in [3.8, 4) is 0 Å². The molecule has 2 aromatic carbocycles. The topological polar surface area (TPSA) is 17.1 Å². The van der Waals surface area contributed by atoms with Crippen LogP contribution >= 0.6 is 0 Å². The first-order chi connectivity index (χ1) is 8.86. The van der Waals surface area contributed by atoms with Gasteiger partial charge in [-0.2, -0.15) is 0 Å². The summed E-state index contributed by atoms with van der Waals surface area (Å²) in [5.41, 5.74) is 4.17. The summed E-state index contributed by atoms with van der Waals surface area (Å²) < 4.78 is 0. The quantitative estimate of drug-likeness (QED) is 0.687. The lowest BCUT2D eigenvalue weighted by molar-refractivity contribution is -0.111. The first-order valence-corrected chi connectivity index (χ1v) is 6.55. The van der Waals surface area contributed by atoms with Crippen molar-refractivity contribution in [2.45, 2.75) is 18.8 Å². The van der Waals surface area contributed by atoms with E-state index in [0.29, 0.717) is 5.92 Å². The van der Waals surface area contributed by atoms with Crippen LogP contribution in [-0.4, -0.2) is 6.29 Å². The van der Waals surface area contributed by atoms with Crippen LogP contribution in [0.3, 0.4) is 0 Å². The van der Waals surface area contributed by atoms with Gasteiger partial charge in [-0.15, -0.1) is 0 Å². The van der Waals surface area contributed by atoms with Crippen molar-refractivity contribution in [3.05, 3.63) is 53.1 Å². The lowest BCUT2D eigenvalue weighted by Gasteiger charge is -2.31. The Kier molecular flexibility index (Phi) is 1.99. The Morgan fingerprint density at radius 2 is 2.11 bits per heavy atom. The predicted octanol–water partition coefficient (Wildman–Crippen LogP) is 3.71. The summed E-state index contributed by atoms with van der Waals surface area (Å²) in [7, 11) is 0. The van der Waals surface area contributed by atoms with Gasteiger partial charge < -0.3 is 4.79 Å². The van der Waals surface area contributed by atoms with E-state index in [0.717, 1.165) is 19.1 Å². The maximum atomic E-state index is 11.1. The number of rotatable bonds is 1. The molecule has 0 bridgehead atoms. The van der Waals surface area contributed by atoms with Crippen molar-refractivity contribution in [1.29, 1.82) is 0 Å². The molecule has 0 amide bonds. The molecule has 2 aliphatic rings. The van der Waals surface area contributed by atoms with Crippen LogP contribution in [0.5, 0.6) is 0 Å². The van der Waals surface area contributed by atoms with Gasteiger partial charge in [0.2, 0.25) is 0 Å². The van der Waals surface area contributed by atoms with Crippen LogP contribution < -0.4 is 0 Å². The van der Waals surface area contributed by atoms with Gasteiger partial charge in [-0.25, -0.2) is 0 Å². The van der Waals surface area contributed by atoms with Crippen molar-refractivity contribution in [2.24, 2.45) is 5.92 Å². The van der Waals surface area contributed by atoms with Crippen LogP contribution in [-0.2, 0) is 11.2 Å². The van der Waals surface area contributed by atoms with Gasteiger partial charge in [-0.05, 0) is 40.3 Å². The van der Waals surface area contributed by atoms with E-state index in [4.69, 9.17) is 0 Å². The molecular formula is C17H14O. The number of aldehydes is 1. The molecular weight excluding hydrogens is 220 g/mol. The highest BCUT2D eigenvalue weighted by atomic mass is 16.1. The third-order valence-corrected chi connectivity index (χ3v) is 4.32. The Morgan fingerprint density at radius 1 is 1.17 bits per heavy atom. The molecule has 0 aromatic heterocycles. The fraction of sp³-hybridized carbons (Fsp3) is 0.235. The normalized spacial score (nSPS) is 24.2. The van der Waals surface area contributed by atoms with Gasteiger partial charge in [0, 0.05) is 11.8 Å². The average molecular weight is 234 g/mol. The molecule has 2 unspecified atom stereocenters.